The van der Waals surface area contributed by atoms with Crippen molar-refractivity contribution in [3.05, 3.63) is 22.7 Å². The highest BCUT2D eigenvalue weighted by Crippen LogP contribution is 2.60. The monoisotopic (exact) mass is 526 g/mol. The van der Waals surface area contributed by atoms with Crippen molar-refractivity contribution in [1.29, 1.82) is 0 Å². The quantitative estimate of drug-likeness (QED) is 0.104. The maximum Gasteiger partial charge on any atom is 0.481 e. The lowest BCUT2D eigenvalue weighted by molar-refractivity contribution is -0.107. The Morgan fingerprint density at radius 2 is 1.88 bits per heavy atom. The van der Waals surface area contributed by atoms with Gasteiger partial charge < -0.3 is 45.8 Å². The third-order valence-electron chi connectivity index (χ3n) is 4.50. The molecule has 0 radical (unpaired) electrons. The van der Waals surface area contributed by atoms with Gasteiger partial charge in [-0.1, -0.05) is 0 Å². The van der Waals surface area contributed by atoms with Gasteiger partial charge in [0.1, 0.15) is 35.8 Å². The van der Waals surface area contributed by atoms with E-state index in [0.29, 0.717) is 0 Å². The first-order valence-corrected chi connectivity index (χ1v) is 12.1. The molecule has 0 spiro atoms. The van der Waals surface area contributed by atoms with Crippen LogP contribution in [0.25, 0.3) is 0 Å². The Kier molecular flexibility index (Phi) is 8.92. The van der Waals surface area contributed by atoms with Gasteiger partial charge in [0.25, 0.3) is 0 Å². The number of aliphatic hydroxyl groups is 5. The second-order valence-electron chi connectivity index (χ2n) is 7.23. The summed E-state index contributed by atoms with van der Waals surface area (Å²) in [6.07, 6.45) is -7.07. The molecule has 9 N–H and O–H groups in total. The van der Waals surface area contributed by atoms with Gasteiger partial charge >= 0.3 is 21.3 Å². The molecule has 0 bridgehead atoms. The fourth-order valence-corrected chi connectivity index (χ4v) is 4.60. The van der Waals surface area contributed by atoms with Crippen LogP contribution in [-0.4, -0.2) is 94.7 Å². The van der Waals surface area contributed by atoms with E-state index in [1.54, 1.807) is 0 Å². The Morgan fingerprint density at radius 3 is 2.45 bits per heavy atom. The van der Waals surface area contributed by atoms with Crippen LogP contribution in [0.4, 0.5) is 5.82 Å². The number of rotatable bonds is 11. The van der Waals surface area contributed by atoms with Crippen molar-refractivity contribution in [2.24, 2.45) is 0 Å². The van der Waals surface area contributed by atoms with Crippen molar-refractivity contribution in [2.45, 2.75) is 43.2 Å². The average Bonchev–Trinajstić information content (AvgIpc) is 2.98. The van der Waals surface area contributed by atoms with Gasteiger partial charge in [-0.05, 0) is 13.0 Å². The number of anilines is 1. The van der Waals surface area contributed by atoms with Crippen LogP contribution in [0.2, 0.25) is 0 Å². The number of nitrogen functional groups attached to an aromatic ring is 1. The van der Waals surface area contributed by atoms with Crippen LogP contribution in [0.1, 0.15) is 13.2 Å². The number of phosphoric acid groups is 2. The van der Waals surface area contributed by atoms with Crippen LogP contribution >= 0.6 is 15.6 Å². The number of hydrogen-bond acceptors (Lipinski definition) is 14. The lowest BCUT2D eigenvalue weighted by Gasteiger charge is -2.27. The van der Waals surface area contributed by atoms with E-state index >= 15 is 0 Å². The summed E-state index contributed by atoms with van der Waals surface area (Å²) in [5.74, 6) is -0.106. The predicted octanol–water partition coefficient (Wildman–Crippen LogP) is -3.20. The minimum atomic E-state index is -5.33. The molecule has 2 heterocycles. The summed E-state index contributed by atoms with van der Waals surface area (Å²) >= 11 is 0. The zero-order chi connectivity index (χ0) is 25.2. The van der Waals surface area contributed by atoms with Crippen molar-refractivity contribution in [1.82, 2.24) is 9.55 Å². The molecule has 0 saturated carbocycles. The zero-order valence-corrected chi connectivity index (χ0v) is 18.8. The Balaban J connectivity index is 1.96. The lowest BCUT2D eigenvalue weighted by atomic mass is 10.1. The van der Waals surface area contributed by atoms with E-state index in [2.05, 4.69) is 18.3 Å². The number of hydrogen-bond donors (Lipinski definition) is 8. The first-order valence-electron chi connectivity index (χ1n) is 9.12. The summed E-state index contributed by atoms with van der Waals surface area (Å²) < 4.78 is 42.7. The highest BCUT2D eigenvalue weighted by Gasteiger charge is 2.46. The Morgan fingerprint density at radius 1 is 1.27 bits per heavy atom. The van der Waals surface area contributed by atoms with E-state index in [1.165, 1.54) is 6.07 Å². The Bertz CT molecular complexity index is 973. The number of nitrogens with two attached hydrogens (primary N) is 1. The molecule has 33 heavy (non-hydrogen) atoms. The molecule has 8 atom stereocenters. The van der Waals surface area contributed by atoms with Gasteiger partial charge in [0.05, 0.1) is 19.8 Å². The molecule has 17 nitrogen and oxygen atoms in total. The van der Waals surface area contributed by atoms with E-state index in [0.717, 1.165) is 17.7 Å². The van der Waals surface area contributed by atoms with Crippen LogP contribution in [0.3, 0.4) is 0 Å². The lowest BCUT2D eigenvalue weighted by Crippen LogP contribution is -2.45. The summed E-state index contributed by atoms with van der Waals surface area (Å²) in [6.45, 7) is -1.94. The minimum absolute atomic E-state index is 0.106. The zero-order valence-electron chi connectivity index (χ0n) is 17.0. The van der Waals surface area contributed by atoms with Crippen LogP contribution in [0.15, 0.2) is 17.1 Å². The van der Waals surface area contributed by atoms with E-state index in [1.807, 2.05) is 0 Å². The standard InChI is InChI=1S/C14H25N3O14P2/c1-14(23,6-18)8(19)5-29-33(26,27)31-32(24,25)28-4-7-10(20)11(21)12(30-7)17-3-2-9(15)16-13(17)22/h2-3,7-8,10-12,18-21,23H,4-6H2,1H3,(H,24,25)(H,26,27)(H2,15,16,22)/t7-,8-,10-,11-,12-,14+/m1/s1/i1+1,5+1,6+1,8+1,14+1. The third kappa shape index (κ3) is 7.34. The number of aromatic nitrogens is 2. The van der Waals surface area contributed by atoms with Gasteiger partial charge in [0.2, 0.25) is 0 Å². The first kappa shape index (κ1) is 27.9. The summed E-state index contributed by atoms with van der Waals surface area (Å²) in [7, 11) is -10.6. The van der Waals surface area contributed by atoms with Crippen molar-refractivity contribution in [2.75, 3.05) is 25.6 Å². The third-order valence-corrected chi connectivity index (χ3v) is 7.11. The van der Waals surface area contributed by atoms with Crippen LogP contribution in [-0.2, 0) is 27.2 Å². The molecule has 1 aromatic rings. The van der Waals surface area contributed by atoms with Crippen LogP contribution < -0.4 is 11.4 Å². The molecule has 1 aliphatic rings. The van der Waals surface area contributed by atoms with Crippen molar-refractivity contribution in [3.63, 3.8) is 0 Å². The molecule has 1 aliphatic heterocycles. The second kappa shape index (κ2) is 10.5. The van der Waals surface area contributed by atoms with Gasteiger partial charge in [-0.2, -0.15) is 9.29 Å². The molecule has 1 fully saturated rings. The topological polar surface area (TPSA) is 274 Å². The maximum absolute atomic E-state index is 12.0. The van der Waals surface area contributed by atoms with Gasteiger partial charge in [-0.3, -0.25) is 13.6 Å². The molecule has 1 saturated heterocycles. The Labute approximate surface area is 185 Å². The molecule has 2 rings (SSSR count). The predicted molar refractivity (Wildman–Crippen MR) is 105 cm³/mol. The van der Waals surface area contributed by atoms with Gasteiger partial charge in [0.15, 0.2) is 6.23 Å². The number of ether oxygens (including phenoxy) is 1. The van der Waals surface area contributed by atoms with E-state index < -0.39 is 77.4 Å². The van der Waals surface area contributed by atoms with Crippen molar-refractivity contribution < 1.29 is 62.5 Å². The van der Waals surface area contributed by atoms with E-state index in [-0.39, 0.29) is 5.82 Å². The summed E-state index contributed by atoms with van der Waals surface area (Å²) in [5, 5.41) is 48.3. The number of phosphoric ester groups is 2. The maximum atomic E-state index is 12.0. The van der Waals surface area contributed by atoms with Gasteiger partial charge in [-0.25, -0.2) is 13.9 Å². The molecular weight excluding hydrogens is 501 g/mol. The smallest absolute Gasteiger partial charge is 0.393 e. The largest absolute Gasteiger partial charge is 0.481 e. The van der Waals surface area contributed by atoms with E-state index in [9.17, 15) is 44.1 Å². The summed E-state index contributed by atoms with van der Waals surface area (Å²) in [6, 6.07) is 1.22. The second-order valence-corrected chi connectivity index (χ2v) is 10.3. The number of nitrogens with zero attached hydrogens (tertiary/aromatic N) is 2. The SMILES string of the molecule is [13CH3][13C@](O)([13CH2]O)[13C@H](O)[13CH2]OP(=O)(O)OP(=O)(O)OC[C@H]1O[C@@H](n2ccc(N)nc2=O)[C@H](O)[C@@H]1O. The minimum Gasteiger partial charge on any atom is -0.393 e. The average molecular weight is 526 g/mol. The molecule has 1 aromatic heterocycles. The highest BCUT2D eigenvalue weighted by atomic mass is 31.3. The van der Waals surface area contributed by atoms with Crippen molar-refractivity contribution in [3.8, 4) is 0 Å². The summed E-state index contributed by atoms with van der Waals surface area (Å²) in [5.41, 5.74) is 2.35. The number of aliphatic hydroxyl groups excluding tert-OH is 4. The molecule has 2 unspecified atom stereocenters. The highest BCUT2D eigenvalue weighted by molar-refractivity contribution is 7.61. The van der Waals surface area contributed by atoms with E-state index in [4.69, 9.17) is 15.6 Å². The van der Waals surface area contributed by atoms with Gasteiger partial charge in [-0.15, -0.1) is 0 Å². The fraction of sp³-hybridized carbons (Fsp3) is 0.714. The molecule has 0 aromatic carbocycles. The fourth-order valence-electron chi connectivity index (χ4n) is 2.51. The molecular formula is C14H25N3O14P2. The molecule has 0 amide bonds. The Hall–Kier alpha value is -1.30. The normalized spacial score (nSPS) is 29.7. The van der Waals surface area contributed by atoms with Crippen LogP contribution in [0.5, 0.6) is 0 Å². The van der Waals surface area contributed by atoms with Crippen LogP contribution in [0, 0.1) is 0 Å². The molecule has 19 heteroatoms. The molecule has 0 aliphatic carbocycles. The van der Waals surface area contributed by atoms with Gasteiger partial charge in [0, 0.05) is 6.20 Å². The molecule has 190 valence electrons. The van der Waals surface area contributed by atoms with Crippen molar-refractivity contribution >= 4 is 21.5 Å². The first-order chi connectivity index (χ1) is 15.1. The summed E-state index contributed by atoms with van der Waals surface area (Å²) in [4.78, 5) is 34.5.